The Kier molecular flexibility index (Phi) is 5.68. The summed E-state index contributed by atoms with van der Waals surface area (Å²) in [6.45, 7) is 5.39. The zero-order valence-corrected chi connectivity index (χ0v) is 18.5. The Hall–Kier alpha value is -4.25. The van der Waals surface area contributed by atoms with Gasteiger partial charge in [-0.05, 0) is 38.2 Å². The minimum absolute atomic E-state index is 0.171. The normalized spacial score (nSPS) is 16.0. The topological polar surface area (TPSA) is 113 Å². The van der Waals surface area contributed by atoms with Gasteiger partial charge in [0.2, 0.25) is 17.7 Å². The number of hydrogen-bond donors (Lipinski definition) is 3. The number of nitrogens with zero attached hydrogens (tertiary/aromatic N) is 5. The number of likely N-dealkylation sites (tertiary alicyclic amines) is 1. The number of H-pyrrole nitrogens is 1. The number of ether oxygens (including phenoxy) is 1. The summed E-state index contributed by atoms with van der Waals surface area (Å²) in [5, 5.41) is 10.8. The number of carbonyl (C=O) groups is 1. The number of fused-ring (bicyclic) bond motifs is 1. The zero-order chi connectivity index (χ0) is 23.7. The van der Waals surface area contributed by atoms with Gasteiger partial charge in [0.1, 0.15) is 17.2 Å². The van der Waals surface area contributed by atoms with Crippen LogP contribution in [0.1, 0.15) is 12.5 Å². The van der Waals surface area contributed by atoms with Crippen molar-refractivity contribution in [2.24, 2.45) is 0 Å². The molecule has 1 saturated heterocycles. The number of carbonyl (C=O) groups excluding carboxylic acids is 1. The lowest BCUT2D eigenvalue weighted by Gasteiger charge is -2.11. The average Bonchev–Trinajstić information content (AvgIpc) is 3.54. The van der Waals surface area contributed by atoms with Crippen molar-refractivity contribution in [2.45, 2.75) is 12.5 Å². The van der Waals surface area contributed by atoms with E-state index < -0.39 is 11.7 Å². The van der Waals surface area contributed by atoms with Crippen molar-refractivity contribution in [3.8, 4) is 11.6 Å². The first-order valence-corrected chi connectivity index (χ1v) is 10.7. The van der Waals surface area contributed by atoms with Crippen LogP contribution in [0.25, 0.3) is 11.0 Å². The van der Waals surface area contributed by atoms with Gasteiger partial charge in [-0.2, -0.15) is 15.1 Å². The van der Waals surface area contributed by atoms with Crippen molar-refractivity contribution in [2.75, 3.05) is 30.8 Å². The van der Waals surface area contributed by atoms with Gasteiger partial charge in [-0.25, -0.2) is 4.39 Å². The third kappa shape index (κ3) is 4.59. The summed E-state index contributed by atoms with van der Waals surface area (Å²) >= 11 is 0. The molecule has 0 unspecified atom stereocenters. The lowest BCUT2D eigenvalue weighted by atomic mass is 10.3. The molecule has 1 aromatic carbocycles. The van der Waals surface area contributed by atoms with Crippen LogP contribution in [0.2, 0.25) is 0 Å². The van der Waals surface area contributed by atoms with E-state index in [9.17, 15) is 9.18 Å². The third-order valence-corrected chi connectivity index (χ3v) is 5.52. The summed E-state index contributed by atoms with van der Waals surface area (Å²) in [4.78, 5) is 25.9. The average molecular weight is 462 g/mol. The van der Waals surface area contributed by atoms with Gasteiger partial charge in [0.15, 0.2) is 0 Å². The van der Waals surface area contributed by atoms with Gasteiger partial charge < -0.3 is 25.3 Å². The van der Waals surface area contributed by atoms with Crippen LogP contribution in [0.5, 0.6) is 11.6 Å². The molecule has 4 heterocycles. The number of aromatic amines is 1. The van der Waals surface area contributed by atoms with Crippen molar-refractivity contribution < 1.29 is 13.9 Å². The summed E-state index contributed by atoms with van der Waals surface area (Å²) in [6.07, 6.45) is 7.51. The SMILES string of the molecule is C=CC(=O)Nc1cc(F)cc(Oc2nc(Nc3cnn([C@@H]4CCN(C)C4)c3)nc3[nH]ccc23)c1. The fraction of sp³-hybridized carbons (Fsp3) is 0.217. The molecule has 1 fully saturated rings. The van der Waals surface area contributed by atoms with Crippen molar-refractivity contribution in [1.82, 2.24) is 29.6 Å². The molecule has 1 amide bonds. The highest BCUT2D eigenvalue weighted by Crippen LogP contribution is 2.31. The molecule has 0 radical (unpaired) electrons. The van der Waals surface area contributed by atoms with Crippen LogP contribution in [0.15, 0.2) is 55.5 Å². The van der Waals surface area contributed by atoms with Crippen molar-refractivity contribution in [1.29, 1.82) is 0 Å². The van der Waals surface area contributed by atoms with Gasteiger partial charge in [-0.1, -0.05) is 6.58 Å². The van der Waals surface area contributed by atoms with Crippen LogP contribution in [0.4, 0.5) is 21.7 Å². The maximum Gasteiger partial charge on any atom is 0.247 e. The van der Waals surface area contributed by atoms with Gasteiger partial charge >= 0.3 is 0 Å². The number of rotatable bonds is 7. The minimum Gasteiger partial charge on any atom is -0.438 e. The molecule has 0 saturated carbocycles. The molecule has 0 aliphatic carbocycles. The highest BCUT2D eigenvalue weighted by molar-refractivity contribution is 5.99. The number of likely N-dealkylation sites (N-methyl/N-ethyl adjacent to an activating group) is 1. The summed E-state index contributed by atoms with van der Waals surface area (Å²) in [5.41, 5.74) is 1.53. The molecule has 34 heavy (non-hydrogen) atoms. The molecule has 3 aromatic heterocycles. The second-order valence-corrected chi connectivity index (χ2v) is 8.10. The maximum atomic E-state index is 14.1. The number of halogens is 1. The number of hydrogen-bond acceptors (Lipinski definition) is 7. The summed E-state index contributed by atoms with van der Waals surface area (Å²) in [6, 6.07) is 5.99. The third-order valence-electron chi connectivity index (χ3n) is 5.52. The van der Waals surface area contributed by atoms with E-state index in [1.807, 2.05) is 10.9 Å². The van der Waals surface area contributed by atoms with Crippen LogP contribution >= 0.6 is 0 Å². The Morgan fingerprint density at radius 3 is 3.00 bits per heavy atom. The largest absolute Gasteiger partial charge is 0.438 e. The van der Waals surface area contributed by atoms with E-state index in [0.29, 0.717) is 23.0 Å². The van der Waals surface area contributed by atoms with Crippen molar-refractivity contribution in [3.05, 3.63) is 61.3 Å². The Morgan fingerprint density at radius 1 is 1.32 bits per heavy atom. The second-order valence-electron chi connectivity index (χ2n) is 8.10. The molecule has 4 aromatic rings. The maximum absolute atomic E-state index is 14.1. The van der Waals surface area contributed by atoms with Crippen molar-refractivity contribution in [3.63, 3.8) is 0 Å². The fourth-order valence-electron chi connectivity index (χ4n) is 3.90. The number of nitrogens with one attached hydrogen (secondary N) is 3. The first-order valence-electron chi connectivity index (χ1n) is 10.7. The van der Waals surface area contributed by atoms with Gasteiger partial charge in [0.05, 0.1) is 23.3 Å². The molecule has 11 heteroatoms. The van der Waals surface area contributed by atoms with E-state index in [-0.39, 0.29) is 17.3 Å². The quantitative estimate of drug-likeness (QED) is 0.358. The summed E-state index contributed by atoms with van der Waals surface area (Å²) < 4.78 is 22.0. The monoisotopic (exact) mass is 462 g/mol. The van der Waals surface area contributed by atoms with E-state index in [1.54, 1.807) is 18.5 Å². The van der Waals surface area contributed by atoms with Crippen LogP contribution in [0.3, 0.4) is 0 Å². The molecule has 0 spiro atoms. The lowest BCUT2D eigenvalue weighted by Crippen LogP contribution is -2.16. The molecule has 5 rings (SSSR count). The summed E-state index contributed by atoms with van der Waals surface area (Å²) in [7, 11) is 2.10. The predicted octanol–water partition coefficient (Wildman–Crippen LogP) is 3.83. The first-order chi connectivity index (χ1) is 16.5. The lowest BCUT2D eigenvalue weighted by molar-refractivity contribution is -0.111. The van der Waals surface area contributed by atoms with Gasteiger partial charge in [-0.15, -0.1) is 0 Å². The Labute approximate surface area is 194 Å². The number of amides is 1. The second kappa shape index (κ2) is 8.94. The first kappa shape index (κ1) is 21.6. The molecule has 10 nitrogen and oxygen atoms in total. The molecule has 1 aliphatic rings. The van der Waals surface area contributed by atoms with Crippen LogP contribution in [-0.2, 0) is 4.79 Å². The fourth-order valence-corrected chi connectivity index (χ4v) is 3.90. The molecule has 174 valence electrons. The minimum atomic E-state index is -0.570. The highest BCUT2D eigenvalue weighted by Gasteiger charge is 2.22. The van der Waals surface area contributed by atoms with Crippen molar-refractivity contribution >= 4 is 34.3 Å². The molecule has 1 aliphatic heterocycles. The standard InChI is InChI=1S/C23H23FN8O2/c1-3-20(33)27-15-8-14(24)9-18(10-15)34-22-19-4-6-25-21(19)29-23(30-22)28-16-11-26-32(12-16)17-5-7-31(2)13-17/h3-4,6,8-12,17H,1,5,7,13H2,2H3,(H,27,33)(H2,25,28,29,30)/t17-/m1/s1. The zero-order valence-electron chi connectivity index (χ0n) is 18.5. The van der Waals surface area contributed by atoms with Gasteiger partial charge in [0.25, 0.3) is 0 Å². The number of anilines is 3. The van der Waals surface area contributed by atoms with Crippen LogP contribution in [-0.4, -0.2) is 55.7 Å². The van der Waals surface area contributed by atoms with E-state index >= 15 is 0 Å². The smallest absolute Gasteiger partial charge is 0.247 e. The van der Waals surface area contributed by atoms with Gasteiger partial charge in [0, 0.05) is 36.8 Å². The Morgan fingerprint density at radius 2 is 2.21 bits per heavy atom. The number of benzene rings is 1. The Balaban J connectivity index is 1.40. The van der Waals surface area contributed by atoms with Crippen LogP contribution < -0.4 is 15.4 Å². The molecular weight excluding hydrogens is 439 g/mol. The van der Waals surface area contributed by atoms with E-state index in [1.165, 1.54) is 18.2 Å². The van der Waals surface area contributed by atoms with E-state index in [2.05, 4.69) is 49.2 Å². The molecule has 3 N–H and O–H groups in total. The van der Waals surface area contributed by atoms with E-state index in [0.717, 1.165) is 31.3 Å². The van der Waals surface area contributed by atoms with E-state index in [4.69, 9.17) is 4.74 Å². The predicted molar refractivity (Wildman–Crippen MR) is 126 cm³/mol. The molecule has 0 bridgehead atoms. The van der Waals surface area contributed by atoms with Gasteiger partial charge in [-0.3, -0.25) is 9.48 Å². The molecular formula is C23H23FN8O2. The summed E-state index contributed by atoms with van der Waals surface area (Å²) in [5.74, 6) is -0.332. The van der Waals surface area contributed by atoms with Crippen LogP contribution in [0, 0.1) is 5.82 Å². The highest BCUT2D eigenvalue weighted by atomic mass is 19.1. The Bertz CT molecular complexity index is 1360. The molecule has 1 atom stereocenters. The number of aromatic nitrogens is 5.